The zero-order chi connectivity index (χ0) is 26.9. The van der Waals surface area contributed by atoms with Crippen molar-refractivity contribution in [1.82, 2.24) is 24.9 Å². The van der Waals surface area contributed by atoms with Crippen LogP contribution in [0.3, 0.4) is 0 Å². The zero-order valence-corrected chi connectivity index (χ0v) is 21.9. The van der Waals surface area contributed by atoms with Crippen molar-refractivity contribution in [3.8, 4) is 11.3 Å². The lowest BCUT2D eigenvalue weighted by Gasteiger charge is -2.31. The van der Waals surface area contributed by atoms with Gasteiger partial charge >= 0.3 is 6.09 Å². The zero-order valence-electron chi connectivity index (χ0n) is 21.9. The summed E-state index contributed by atoms with van der Waals surface area (Å²) < 4.78 is 6.32. The molecule has 0 atom stereocenters. The Morgan fingerprint density at radius 2 is 1.79 bits per heavy atom. The average Bonchev–Trinajstić information content (AvgIpc) is 2.91. The van der Waals surface area contributed by atoms with Gasteiger partial charge in [-0.25, -0.2) is 9.48 Å². The number of ether oxygens (including phenoxy) is 1. The van der Waals surface area contributed by atoms with Gasteiger partial charge in [-0.3, -0.25) is 19.8 Å². The first-order valence-electron chi connectivity index (χ1n) is 12.8. The van der Waals surface area contributed by atoms with E-state index < -0.39 is 6.09 Å². The second-order valence-corrected chi connectivity index (χ2v) is 9.27. The van der Waals surface area contributed by atoms with E-state index in [-0.39, 0.29) is 24.6 Å². The van der Waals surface area contributed by atoms with Crippen LogP contribution in [0.15, 0.2) is 65.5 Å². The summed E-state index contributed by atoms with van der Waals surface area (Å²) in [6.45, 7) is 6.68. The molecule has 3 aromatic rings. The Morgan fingerprint density at radius 3 is 2.58 bits per heavy atom. The average molecular weight is 519 g/mol. The lowest BCUT2D eigenvalue weighted by Crippen LogP contribution is -2.48. The minimum absolute atomic E-state index is 0.0152. The number of hydrogen-bond donors (Lipinski definition) is 2. The first-order chi connectivity index (χ1) is 18.4. The highest BCUT2D eigenvalue weighted by Gasteiger charge is 2.17. The van der Waals surface area contributed by atoms with Crippen LogP contribution in [0.4, 0.5) is 10.5 Å². The number of likely N-dealkylation sites (N-methyl/N-ethyl adjacent to an activating group) is 1. The molecule has 200 valence electrons. The van der Waals surface area contributed by atoms with E-state index in [4.69, 9.17) is 4.74 Å². The molecule has 0 spiro atoms. The fourth-order valence-corrected chi connectivity index (χ4v) is 4.29. The van der Waals surface area contributed by atoms with Gasteiger partial charge in [0.2, 0.25) is 5.91 Å². The molecule has 1 saturated heterocycles. The molecule has 4 rings (SSSR count). The molecule has 2 N–H and O–H groups in total. The summed E-state index contributed by atoms with van der Waals surface area (Å²) in [5.41, 5.74) is 3.53. The number of benzene rings is 2. The van der Waals surface area contributed by atoms with E-state index in [1.54, 1.807) is 31.2 Å². The summed E-state index contributed by atoms with van der Waals surface area (Å²) in [6, 6.07) is 18.1. The minimum atomic E-state index is -0.533. The number of piperazine rings is 1. The molecule has 0 bridgehead atoms. The fourth-order valence-electron chi connectivity index (χ4n) is 4.29. The van der Waals surface area contributed by atoms with Gasteiger partial charge in [0, 0.05) is 50.0 Å². The van der Waals surface area contributed by atoms with Crippen LogP contribution < -0.4 is 16.2 Å². The van der Waals surface area contributed by atoms with Crippen LogP contribution in [0.2, 0.25) is 0 Å². The Balaban J connectivity index is 1.45. The van der Waals surface area contributed by atoms with Crippen molar-refractivity contribution in [3.05, 3.63) is 82.1 Å². The number of carbonyl (C=O) groups excluding carboxylic acids is 2. The summed E-state index contributed by atoms with van der Waals surface area (Å²) in [5, 5.41) is 10.3. The summed E-state index contributed by atoms with van der Waals surface area (Å²) in [6.07, 6.45) is -0.533. The van der Waals surface area contributed by atoms with Crippen LogP contribution in [0, 0.1) is 0 Å². The minimum Gasteiger partial charge on any atom is -0.450 e. The molecule has 1 aliphatic heterocycles. The summed E-state index contributed by atoms with van der Waals surface area (Å²) in [4.78, 5) is 41.4. The van der Waals surface area contributed by atoms with Crippen molar-refractivity contribution in [1.29, 1.82) is 0 Å². The Labute approximate surface area is 222 Å². The van der Waals surface area contributed by atoms with Gasteiger partial charge in [-0.1, -0.05) is 36.4 Å². The van der Waals surface area contributed by atoms with Gasteiger partial charge in [-0.05, 0) is 43.3 Å². The number of nitrogens with one attached hydrogen (secondary N) is 2. The van der Waals surface area contributed by atoms with Crippen LogP contribution in [0.25, 0.3) is 11.3 Å². The number of nitrogens with zero attached hydrogens (tertiary/aromatic N) is 4. The maximum Gasteiger partial charge on any atom is 0.411 e. The van der Waals surface area contributed by atoms with Gasteiger partial charge in [0.05, 0.1) is 25.4 Å². The van der Waals surface area contributed by atoms with Gasteiger partial charge in [-0.15, -0.1) is 0 Å². The number of hydrogen-bond acceptors (Lipinski definition) is 7. The Bertz CT molecular complexity index is 1320. The van der Waals surface area contributed by atoms with Gasteiger partial charge in [-0.2, -0.15) is 5.10 Å². The number of amides is 2. The van der Waals surface area contributed by atoms with Gasteiger partial charge in [0.25, 0.3) is 5.56 Å². The molecule has 1 fully saturated rings. The highest BCUT2D eigenvalue weighted by Crippen LogP contribution is 2.21. The highest BCUT2D eigenvalue weighted by molar-refractivity contribution is 5.84. The molecule has 0 radical (unpaired) electrons. The van der Waals surface area contributed by atoms with E-state index in [1.165, 1.54) is 10.7 Å². The van der Waals surface area contributed by atoms with Crippen LogP contribution in [0.5, 0.6) is 0 Å². The van der Waals surface area contributed by atoms with Crippen LogP contribution in [-0.4, -0.2) is 78.0 Å². The lowest BCUT2D eigenvalue weighted by molar-refractivity contribution is -0.122. The maximum absolute atomic E-state index is 12.6. The highest BCUT2D eigenvalue weighted by atomic mass is 16.5. The third-order valence-corrected chi connectivity index (χ3v) is 6.38. The Morgan fingerprint density at radius 1 is 1.00 bits per heavy atom. The molecule has 1 aliphatic rings. The van der Waals surface area contributed by atoms with Gasteiger partial charge in [0.15, 0.2) is 0 Å². The number of anilines is 1. The fraction of sp³-hybridized carbons (Fsp3) is 0.357. The SMILES string of the molecule is CCOC(=O)Nc1cccc(Cn2nc(-c3ccccc3CNC(=O)CN3CCN(C)CC3)ccc2=O)c1. The molecule has 10 heteroatoms. The molecule has 2 amide bonds. The topological polar surface area (TPSA) is 109 Å². The Hall–Kier alpha value is -4.02. The van der Waals surface area contributed by atoms with Crippen LogP contribution >= 0.6 is 0 Å². The second-order valence-electron chi connectivity index (χ2n) is 9.27. The molecule has 1 aromatic heterocycles. The molecular weight excluding hydrogens is 484 g/mol. The van der Waals surface area contributed by atoms with Crippen molar-refractivity contribution in [3.63, 3.8) is 0 Å². The van der Waals surface area contributed by atoms with Crippen molar-refractivity contribution < 1.29 is 14.3 Å². The Kier molecular flexibility index (Phi) is 9.23. The van der Waals surface area contributed by atoms with E-state index in [0.29, 0.717) is 24.5 Å². The molecule has 0 saturated carbocycles. The first-order valence-corrected chi connectivity index (χ1v) is 12.8. The largest absolute Gasteiger partial charge is 0.450 e. The van der Waals surface area contributed by atoms with E-state index >= 15 is 0 Å². The normalized spacial score (nSPS) is 14.2. The molecule has 38 heavy (non-hydrogen) atoms. The molecule has 10 nitrogen and oxygen atoms in total. The molecule has 2 heterocycles. The smallest absolute Gasteiger partial charge is 0.411 e. The van der Waals surface area contributed by atoms with Crippen LogP contribution in [0.1, 0.15) is 18.1 Å². The predicted molar refractivity (Wildman–Crippen MR) is 146 cm³/mol. The van der Waals surface area contributed by atoms with E-state index in [2.05, 4.69) is 32.6 Å². The maximum atomic E-state index is 12.6. The summed E-state index contributed by atoms with van der Waals surface area (Å²) in [5.74, 6) is -0.0152. The van der Waals surface area contributed by atoms with Crippen molar-refractivity contribution in [2.75, 3.05) is 51.7 Å². The monoisotopic (exact) mass is 518 g/mol. The molecule has 0 aliphatic carbocycles. The third-order valence-electron chi connectivity index (χ3n) is 6.38. The molecule has 0 unspecified atom stereocenters. The first kappa shape index (κ1) is 27.0. The molecular formula is C28H34N6O4. The van der Waals surface area contributed by atoms with E-state index in [9.17, 15) is 14.4 Å². The second kappa shape index (κ2) is 13.0. The predicted octanol–water partition coefficient (Wildman–Crippen LogP) is 2.39. The van der Waals surface area contributed by atoms with E-state index in [1.807, 2.05) is 30.3 Å². The van der Waals surface area contributed by atoms with Crippen molar-refractivity contribution in [2.45, 2.75) is 20.0 Å². The number of carbonyl (C=O) groups is 2. The van der Waals surface area contributed by atoms with Crippen LogP contribution in [-0.2, 0) is 22.6 Å². The van der Waals surface area contributed by atoms with Gasteiger partial charge in [0.1, 0.15) is 0 Å². The van der Waals surface area contributed by atoms with Crippen molar-refractivity contribution in [2.24, 2.45) is 0 Å². The third kappa shape index (κ3) is 7.50. The summed E-state index contributed by atoms with van der Waals surface area (Å²) >= 11 is 0. The number of aromatic nitrogens is 2. The summed E-state index contributed by atoms with van der Waals surface area (Å²) in [7, 11) is 2.09. The van der Waals surface area contributed by atoms with E-state index in [0.717, 1.165) is 42.9 Å². The number of rotatable bonds is 9. The lowest BCUT2D eigenvalue weighted by atomic mass is 10.0. The standard InChI is InChI=1S/C28H34N6O4/c1-3-38-28(37)30-23-9-6-7-21(17-23)19-34-27(36)12-11-25(31-34)24-10-5-4-8-22(24)18-29-26(35)20-33-15-13-32(2)14-16-33/h4-12,17H,3,13-16,18-20H2,1-2H3,(H,29,35)(H,30,37). The quantitative estimate of drug-likeness (QED) is 0.448. The molecule has 2 aromatic carbocycles. The van der Waals surface area contributed by atoms with Gasteiger partial charge < -0.3 is 15.0 Å². The van der Waals surface area contributed by atoms with Crippen molar-refractivity contribution >= 4 is 17.7 Å².